The Kier molecular flexibility index (Phi) is 3.83. The Morgan fingerprint density at radius 1 is 1.35 bits per heavy atom. The number of carboxylic acids is 1. The van der Waals surface area contributed by atoms with Gasteiger partial charge in [0.2, 0.25) is 0 Å². The zero-order chi connectivity index (χ0) is 14.1. The van der Waals surface area contributed by atoms with E-state index in [4.69, 9.17) is 0 Å². The number of imidazole rings is 1. The van der Waals surface area contributed by atoms with Crippen LogP contribution >= 0.6 is 11.8 Å². The second kappa shape index (κ2) is 5.60. The molecule has 5 nitrogen and oxygen atoms in total. The van der Waals surface area contributed by atoms with Gasteiger partial charge in [-0.15, -0.1) is 11.8 Å². The van der Waals surface area contributed by atoms with E-state index in [1.165, 1.54) is 19.3 Å². The van der Waals surface area contributed by atoms with Crippen LogP contribution in [0.2, 0.25) is 0 Å². The molecule has 0 atom stereocenters. The van der Waals surface area contributed by atoms with Crippen molar-refractivity contribution in [3.05, 3.63) is 17.2 Å². The molecule has 6 heteroatoms. The number of aromatic nitrogens is 2. The second-order valence-corrected chi connectivity index (χ2v) is 6.49. The first-order chi connectivity index (χ1) is 9.68. The van der Waals surface area contributed by atoms with Crippen LogP contribution in [0.25, 0.3) is 0 Å². The predicted molar refractivity (Wildman–Crippen MR) is 79.9 cm³/mol. The van der Waals surface area contributed by atoms with Gasteiger partial charge in [-0.3, -0.25) is 4.99 Å². The molecule has 0 aromatic carbocycles. The van der Waals surface area contributed by atoms with Crippen LogP contribution in [-0.2, 0) is 7.05 Å². The SMILES string of the molecule is Cn1c(C2=NCCS2)nc(C(=O)O)c1C1CCCCC1. The molecule has 0 amide bonds. The van der Waals surface area contributed by atoms with Gasteiger partial charge in [0.1, 0.15) is 5.04 Å². The number of thioether (sulfide) groups is 1. The third-order valence-electron chi connectivity index (χ3n) is 4.11. The van der Waals surface area contributed by atoms with E-state index >= 15 is 0 Å². The summed E-state index contributed by atoms with van der Waals surface area (Å²) in [7, 11) is 1.93. The maximum Gasteiger partial charge on any atom is 0.356 e. The molecule has 1 aromatic heterocycles. The van der Waals surface area contributed by atoms with Crippen molar-refractivity contribution in [3.8, 4) is 0 Å². The largest absolute Gasteiger partial charge is 0.476 e. The highest BCUT2D eigenvalue weighted by atomic mass is 32.2. The summed E-state index contributed by atoms with van der Waals surface area (Å²) in [6.07, 6.45) is 5.75. The predicted octanol–water partition coefficient (Wildman–Crippen LogP) is 2.66. The van der Waals surface area contributed by atoms with Crippen molar-refractivity contribution in [2.75, 3.05) is 12.3 Å². The van der Waals surface area contributed by atoms with Crippen molar-refractivity contribution >= 4 is 22.8 Å². The lowest BCUT2D eigenvalue weighted by Crippen LogP contribution is -2.14. The van der Waals surface area contributed by atoms with Gasteiger partial charge in [-0.05, 0) is 12.8 Å². The lowest BCUT2D eigenvalue weighted by molar-refractivity contribution is 0.0688. The number of aromatic carboxylic acids is 1. The van der Waals surface area contributed by atoms with Crippen LogP contribution in [-0.4, -0.2) is 38.0 Å². The highest BCUT2D eigenvalue weighted by molar-refractivity contribution is 8.14. The topological polar surface area (TPSA) is 67.5 Å². The lowest BCUT2D eigenvalue weighted by Gasteiger charge is -2.22. The maximum absolute atomic E-state index is 11.5. The molecule has 1 N–H and O–H groups in total. The molecule has 0 unspecified atom stereocenters. The molecular weight excluding hydrogens is 274 g/mol. The van der Waals surface area contributed by atoms with Crippen molar-refractivity contribution in [1.29, 1.82) is 0 Å². The molecule has 108 valence electrons. The molecule has 1 saturated carbocycles. The number of hydrogen-bond donors (Lipinski definition) is 1. The molecule has 0 radical (unpaired) electrons. The van der Waals surface area contributed by atoms with E-state index in [0.29, 0.717) is 5.92 Å². The zero-order valence-electron chi connectivity index (χ0n) is 11.6. The Bertz CT molecular complexity index is 559. The number of aliphatic imine (C=N–C) groups is 1. The highest BCUT2D eigenvalue weighted by Gasteiger charge is 2.29. The molecule has 0 saturated heterocycles. The minimum Gasteiger partial charge on any atom is -0.476 e. The summed E-state index contributed by atoms with van der Waals surface area (Å²) >= 11 is 1.66. The fraction of sp³-hybridized carbons (Fsp3) is 0.643. The average Bonchev–Trinajstić information content (AvgIpc) is 3.07. The van der Waals surface area contributed by atoms with E-state index in [0.717, 1.165) is 41.7 Å². The Hall–Kier alpha value is -1.30. The fourth-order valence-corrected chi connectivity index (χ4v) is 4.04. The molecule has 0 spiro atoms. The number of carboxylic acid groups (broad SMARTS) is 1. The molecule has 3 rings (SSSR count). The van der Waals surface area contributed by atoms with Gasteiger partial charge < -0.3 is 9.67 Å². The molecule has 2 heterocycles. The first kappa shape index (κ1) is 13.7. The molecular formula is C14H19N3O2S. The van der Waals surface area contributed by atoms with E-state index in [1.807, 2.05) is 11.6 Å². The smallest absolute Gasteiger partial charge is 0.356 e. The minimum absolute atomic E-state index is 0.226. The van der Waals surface area contributed by atoms with Gasteiger partial charge in [-0.2, -0.15) is 0 Å². The van der Waals surface area contributed by atoms with Gasteiger partial charge in [-0.25, -0.2) is 9.78 Å². The van der Waals surface area contributed by atoms with Gasteiger partial charge in [0.15, 0.2) is 11.5 Å². The van der Waals surface area contributed by atoms with E-state index in [1.54, 1.807) is 11.8 Å². The Balaban J connectivity index is 2.04. The van der Waals surface area contributed by atoms with Crippen LogP contribution in [0.15, 0.2) is 4.99 Å². The van der Waals surface area contributed by atoms with Crippen LogP contribution in [0, 0.1) is 0 Å². The highest BCUT2D eigenvalue weighted by Crippen LogP contribution is 2.35. The monoisotopic (exact) mass is 293 g/mol. The molecule has 0 bridgehead atoms. The van der Waals surface area contributed by atoms with Crippen molar-refractivity contribution in [3.63, 3.8) is 0 Å². The van der Waals surface area contributed by atoms with Gasteiger partial charge in [0.05, 0.1) is 5.69 Å². The Morgan fingerprint density at radius 3 is 2.70 bits per heavy atom. The summed E-state index contributed by atoms with van der Waals surface area (Å²) in [6.45, 7) is 0.800. The average molecular weight is 293 g/mol. The third kappa shape index (κ3) is 2.37. The molecule has 20 heavy (non-hydrogen) atoms. The van der Waals surface area contributed by atoms with Crippen LogP contribution in [0.5, 0.6) is 0 Å². The summed E-state index contributed by atoms with van der Waals surface area (Å²) < 4.78 is 1.97. The van der Waals surface area contributed by atoms with Crippen molar-refractivity contribution < 1.29 is 9.90 Å². The summed E-state index contributed by atoms with van der Waals surface area (Å²) in [6, 6.07) is 0. The third-order valence-corrected chi connectivity index (χ3v) is 5.08. The van der Waals surface area contributed by atoms with Crippen LogP contribution in [0.3, 0.4) is 0 Å². The standard InChI is InChI=1S/C14H19N3O2S/c1-17-11(9-5-3-2-4-6-9)10(14(18)19)16-12(17)13-15-7-8-20-13/h9H,2-8H2,1H3,(H,18,19). The summed E-state index contributed by atoms with van der Waals surface area (Å²) in [5.74, 6) is 1.10. The molecule has 1 aromatic rings. The van der Waals surface area contributed by atoms with Crippen molar-refractivity contribution in [1.82, 2.24) is 9.55 Å². The fourth-order valence-electron chi connectivity index (χ4n) is 3.17. The number of nitrogens with zero attached hydrogens (tertiary/aromatic N) is 3. The van der Waals surface area contributed by atoms with E-state index < -0.39 is 5.97 Å². The molecule has 1 fully saturated rings. The maximum atomic E-state index is 11.5. The van der Waals surface area contributed by atoms with Crippen molar-refractivity contribution in [2.45, 2.75) is 38.0 Å². The Morgan fingerprint density at radius 2 is 2.10 bits per heavy atom. The zero-order valence-corrected chi connectivity index (χ0v) is 12.4. The summed E-state index contributed by atoms with van der Waals surface area (Å²) in [5, 5.41) is 10.3. The van der Waals surface area contributed by atoms with Gasteiger partial charge >= 0.3 is 5.97 Å². The van der Waals surface area contributed by atoms with Gasteiger partial charge in [0, 0.05) is 25.3 Å². The number of carbonyl (C=O) groups is 1. The van der Waals surface area contributed by atoms with E-state index in [-0.39, 0.29) is 5.69 Å². The molecule has 2 aliphatic rings. The van der Waals surface area contributed by atoms with Crippen molar-refractivity contribution in [2.24, 2.45) is 12.0 Å². The second-order valence-electron chi connectivity index (χ2n) is 5.40. The summed E-state index contributed by atoms with van der Waals surface area (Å²) in [5.41, 5.74) is 1.12. The molecule has 1 aliphatic carbocycles. The van der Waals surface area contributed by atoms with Gasteiger partial charge in [0.25, 0.3) is 0 Å². The Labute approximate surface area is 122 Å². The first-order valence-corrected chi connectivity index (χ1v) is 8.14. The lowest BCUT2D eigenvalue weighted by atomic mass is 9.86. The van der Waals surface area contributed by atoms with E-state index in [2.05, 4.69) is 9.98 Å². The summed E-state index contributed by atoms with van der Waals surface area (Å²) in [4.78, 5) is 20.3. The minimum atomic E-state index is -0.920. The number of hydrogen-bond acceptors (Lipinski definition) is 4. The number of rotatable bonds is 3. The first-order valence-electron chi connectivity index (χ1n) is 7.16. The normalized spacial score (nSPS) is 20.1. The van der Waals surface area contributed by atoms with Crippen LogP contribution < -0.4 is 0 Å². The van der Waals surface area contributed by atoms with Crippen LogP contribution in [0.1, 0.15) is 60.0 Å². The van der Waals surface area contributed by atoms with Crippen LogP contribution in [0.4, 0.5) is 0 Å². The van der Waals surface area contributed by atoms with E-state index in [9.17, 15) is 9.90 Å². The quantitative estimate of drug-likeness (QED) is 0.930. The van der Waals surface area contributed by atoms with Gasteiger partial charge in [-0.1, -0.05) is 19.3 Å². The molecule has 1 aliphatic heterocycles.